The van der Waals surface area contributed by atoms with Crippen LogP contribution in [0.25, 0.3) is 6.08 Å². The Morgan fingerprint density at radius 3 is 2.60 bits per heavy atom. The Bertz CT molecular complexity index is 790. The van der Waals surface area contributed by atoms with Crippen LogP contribution in [0.2, 0.25) is 5.02 Å². The molecule has 4 nitrogen and oxygen atoms in total. The molecule has 2 rings (SSSR count). The molecule has 132 valence electrons. The number of halogens is 2. The molecule has 0 saturated carbocycles. The lowest BCUT2D eigenvalue weighted by molar-refractivity contribution is -0.111. The molecule has 0 spiro atoms. The monoisotopic (exact) mass is 363 g/mol. The predicted molar refractivity (Wildman–Crippen MR) is 97.8 cm³/mol. The molecule has 0 unspecified atom stereocenters. The number of hydrogen-bond donors (Lipinski definition) is 1. The van der Waals surface area contributed by atoms with Gasteiger partial charge in [0.2, 0.25) is 5.91 Å². The van der Waals surface area contributed by atoms with Crippen molar-refractivity contribution in [3.63, 3.8) is 0 Å². The molecule has 0 aliphatic rings. The minimum absolute atomic E-state index is 0.0311. The fraction of sp³-hybridized carbons (Fsp3) is 0.211. The summed E-state index contributed by atoms with van der Waals surface area (Å²) in [4.78, 5) is 12.0. The molecular formula is C19H19ClFNO3. The minimum atomic E-state index is -0.536. The maximum atomic E-state index is 13.1. The lowest BCUT2D eigenvalue weighted by Gasteiger charge is -2.13. The predicted octanol–water partition coefficient (Wildman–Crippen LogP) is 4.93. The number of carbonyl (C=O) groups is 1. The van der Waals surface area contributed by atoms with Crippen LogP contribution < -0.4 is 14.8 Å². The fourth-order valence-electron chi connectivity index (χ4n) is 2.07. The molecule has 6 heteroatoms. The van der Waals surface area contributed by atoms with Crippen molar-refractivity contribution >= 4 is 29.3 Å². The van der Waals surface area contributed by atoms with Gasteiger partial charge in [-0.2, -0.15) is 0 Å². The van der Waals surface area contributed by atoms with Crippen LogP contribution in [0.15, 0.2) is 42.5 Å². The van der Waals surface area contributed by atoms with Gasteiger partial charge < -0.3 is 14.8 Å². The van der Waals surface area contributed by atoms with Crippen molar-refractivity contribution in [1.82, 2.24) is 0 Å². The summed E-state index contributed by atoms with van der Waals surface area (Å²) >= 11 is 5.68. The van der Waals surface area contributed by atoms with Crippen molar-refractivity contribution in [2.24, 2.45) is 0 Å². The van der Waals surface area contributed by atoms with Crippen molar-refractivity contribution in [3.8, 4) is 11.5 Å². The number of anilines is 1. The zero-order chi connectivity index (χ0) is 18.4. The molecule has 0 bridgehead atoms. The van der Waals surface area contributed by atoms with Crippen LogP contribution in [0.1, 0.15) is 19.4 Å². The Kier molecular flexibility index (Phi) is 6.42. The first-order valence-electron chi connectivity index (χ1n) is 7.68. The van der Waals surface area contributed by atoms with Crippen LogP contribution in [0, 0.1) is 5.82 Å². The van der Waals surface area contributed by atoms with E-state index in [1.54, 1.807) is 25.3 Å². The Morgan fingerprint density at radius 1 is 1.20 bits per heavy atom. The molecule has 0 aromatic heterocycles. The van der Waals surface area contributed by atoms with Crippen molar-refractivity contribution in [2.45, 2.75) is 20.0 Å². The molecule has 0 atom stereocenters. The van der Waals surface area contributed by atoms with E-state index in [1.165, 1.54) is 24.3 Å². The normalized spacial score (nSPS) is 11.0. The van der Waals surface area contributed by atoms with E-state index in [9.17, 15) is 9.18 Å². The number of nitrogens with one attached hydrogen (secondary N) is 1. The van der Waals surface area contributed by atoms with E-state index in [0.717, 1.165) is 5.56 Å². The fourth-order valence-corrected chi connectivity index (χ4v) is 2.25. The topological polar surface area (TPSA) is 47.6 Å². The molecule has 25 heavy (non-hydrogen) atoms. The first-order chi connectivity index (χ1) is 11.9. The first-order valence-corrected chi connectivity index (χ1v) is 8.05. The van der Waals surface area contributed by atoms with Crippen molar-refractivity contribution in [2.75, 3.05) is 12.4 Å². The summed E-state index contributed by atoms with van der Waals surface area (Å²) in [5.74, 6) is 0.330. The quantitative estimate of drug-likeness (QED) is 0.740. The van der Waals surface area contributed by atoms with Gasteiger partial charge in [-0.3, -0.25) is 4.79 Å². The number of methoxy groups -OCH3 is 1. The maximum absolute atomic E-state index is 13.1. The smallest absolute Gasteiger partial charge is 0.248 e. The van der Waals surface area contributed by atoms with Gasteiger partial charge in [0.25, 0.3) is 0 Å². The molecule has 0 aliphatic carbocycles. The van der Waals surface area contributed by atoms with Gasteiger partial charge in [-0.15, -0.1) is 0 Å². The zero-order valence-electron chi connectivity index (χ0n) is 14.2. The second-order valence-corrected chi connectivity index (χ2v) is 5.94. The average molecular weight is 364 g/mol. The van der Waals surface area contributed by atoms with E-state index in [0.29, 0.717) is 17.2 Å². The van der Waals surface area contributed by atoms with Crippen LogP contribution in [0.5, 0.6) is 11.5 Å². The first kappa shape index (κ1) is 18.8. The van der Waals surface area contributed by atoms with E-state index >= 15 is 0 Å². The standard InChI is InChI=1S/C19H19ClFNO3/c1-12(2)25-17-8-4-13(10-18(17)24-3)5-9-19(23)22-14-6-7-16(21)15(20)11-14/h4-12H,1-3H3,(H,22,23). The zero-order valence-corrected chi connectivity index (χ0v) is 14.9. The van der Waals surface area contributed by atoms with Crippen molar-refractivity contribution < 1.29 is 18.7 Å². The Labute approximate surface area is 151 Å². The number of carbonyl (C=O) groups excluding carboxylic acids is 1. The lowest BCUT2D eigenvalue weighted by Crippen LogP contribution is -2.08. The van der Waals surface area contributed by atoms with Crippen molar-refractivity contribution in [1.29, 1.82) is 0 Å². The van der Waals surface area contributed by atoms with Gasteiger partial charge >= 0.3 is 0 Å². The summed E-state index contributed by atoms with van der Waals surface area (Å²) in [7, 11) is 1.56. The van der Waals surface area contributed by atoms with Crippen LogP contribution in [0.4, 0.5) is 10.1 Å². The molecule has 0 radical (unpaired) electrons. The highest BCUT2D eigenvalue weighted by Crippen LogP contribution is 2.29. The summed E-state index contributed by atoms with van der Waals surface area (Å²) in [6.45, 7) is 3.86. The van der Waals surface area contributed by atoms with Crippen LogP contribution in [0.3, 0.4) is 0 Å². The number of ether oxygens (including phenoxy) is 2. The number of rotatable bonds is 6. The highest BCUT2D eigenvalue weighted by molar-refractivity contribution is 6.31. The maximum Gasteiger partial charge on any atom is 0.248 e. The molecule has 2 aromatic carbocycles. The van der Waals surface area contributed by atoms with Crippen LogP contribution in [-0.4, -0.2) is 19.1 Å². The van der Waals surface area contributed by atoms with Crippen LogP contribution >= 0.6 is 11.6 Å². The minimum Gasteiger partial charge on any atom is -0.493 e. The van der Waals surface area contributed by atoms with Crippen molar-refractivity contribution in [3.05, 3.63) is 58.9 Å². The number of amides is 1. The third-order valence-electron chi connectivity index (χ3n) is 3.16. The molecule has 0 aliphatic heterocycles. The molecule has 0 fully saturated rings. The summed E-state index contributed by atoms with van der Waals surface area (Å²) in [6, 6.07) is 9.36. The van der Waals surface area contributed by atoms with Gasteiger partial charge in [0.05, 0.1) is 18.2 Å². The largest absolute Gasteiger partial charge is 0.493 e. The second kappa shape index (κ2) is 8.53. The summed E-state index contributed by atoms with van der Waals surface area (Å²) < 4.78 is 24.1. The number of benzene rings is 2. The van der Waals surface area contributed by atoms with Gasteiger partial charge in [-0.1, -0.05) is 17.7 Å². The SMILES string of the molecule is COc1cc(C=CC(=O)Nc2ccc(F)c(Cl)c2)ccc1OC(C)C. The van der Waals surface area contributed by atoms with Gasteiger partial charge in [-0.25, -0.2) is 4.39 Å². The van der Waals surface area contributed by atoms with Gasteiger partial charge in [0.1, 0.15) is 5.82 Å². The van der Waals surface area contributed by atoms with E-state index < -0.39 is 5.82 Å². The van der Waals surface area contributed by atoms with Crippen LogP contribution in [-0.2, 0) is 4.79 Å². The molecule has 1 amide bonds. The highest BCUT2D eigenvalue weighted by atomic mass is 35.5. The molecule has 2 aromatic rings. The second-order valence-electron chi connectivity index (χ2n) is 5.53. The highest BCUT2D eigenvalue weighted by Gasteiger charge is 2.07. The molecule has 0 saturated heterocycles. The Morgan fingerprint density at radius 2 is 1.96 bits per heavy atom. The van der Waals surface area contributed by atoms with E-state index in [-0.39, 0.29) is 17.0 Å². The summed E-state index contributed by atoms with van der Waals surface area (Å²) in [6.07, 6.45) is 3.04. The third kappa shape index (κ3) is 5.50. The Balaban J connectivity index is 2.07. The van der Waals surface area contributed by atoms with Gasteiger partial charge in [0.15, 0.2) is 11.5 Å². The molecular weight excluding hydrogens is 345 g/mol. The van der Waals surface area contributed by atoms with E-state index in [4.69, 9.17) is 21.1 Å². The summed E-state index contributed by atoms with van der Waals surface area (Å²) in [5, 5.41) is 2.56. The Hall–Kier alpha value is -2.53. The molecule has 0 heterocycles. The number of hydrogen-bond acceptors (Lipinski definition) is 3. The van der Waals surface area contributed by atoms with Gasteiger partial charge in [0, 0.05) is 11.8 Å². The van der Waals surface area contributed by atoms with Gasteiger partial charge in [-0.05, 0) is 55.8 Å². The lowest BCUT2D eigenvalue weighted by atomic mass is 10.2. The summed E-state index contributed by atoms with van der Waals surface area (Å²) in [5.41, 5.74) is 1.19. The average Bonchev–Trinajstić information content (AvgIpc) is 2.57. The van der Waals surface area contributed by atoms with E-state index in [2.05, 4.69) is 5.32 Å². The van der Waals surface area contributed by atoms with E-state index in [1.807, 2.05) is 19.9 Å². The molecule has 1 N–H and O–H groups in total. The third-order valence-corrected chi connectivity index (χ3v) is 3.45.